The largest absolute Gasteiger partial charge is 0.496 e. The van der Waals surface area contributed by atoms with Gasteiger partial charge in [0.1, 0.15) is 36.5 Å². The van der Waals surface area contributed by atoms with E-state index in [1.807, 2.05) is 76.2 Å². The van der Waals surface area contributed by atoms with E-state index in [0.717, 1.165) is 33.6 Å². The maximum atomic E-state index is 15.6. The van der Waals surface area contributed by atoms with E-state index in [4.69, 9.17) is 47.7 Å². The van der Waals surface area contributed by atoms with Crippen LogP contribution < -0.4 is 25.6 Å². The molecule has 27 nitrogen and oxygen atoms in total. The quantitative estimate of drug-likeness (QED) is 0.0107. The van der Waals surface area contributed by atoms with Crippen LogP contribution in [0.3, 0.4) is 0 Å². The molecule has 5 heterocycles. The van der Waals surface area contributed by atoms with Gasteiger partial charge >= 0.3 is 23.9 Å². The molecule has 2 bridgehead atoms. The van der Waals surface area contributed by atoms with Crippen LogP contribution in [0.2, 0.25) is 0 Å². The van der Waals surface area contributed by atoms with Crippen molar-refractivity contribution >= 4 is 74.4 Å². The number of carbonyl (C=O) groups is 7. The number of amides is 3. The average Bonchev–Trinajstić information content (AvgIpc) is 1.47. The fraction of sp³-hybridized carbons (Fsp3) is 0.701. The van der Waals surface area contributed by atoms with Crippen LogP contribution in [-0.2, 0) is 88.7 Å². The lowest BCUT2D eigenvalue weighted by molar-refractivity contribution is -0.203. The molecule has 0 radical (unpaired) electrons. The Hall–Kier alpha value is -5.93. The van der Waals surface area contributed by atoms with E-state index in [1.54, 1.807) is 28.7 Å². The molecule has 1 spiro atoms. The number of aliphatic hydroxyl groups is 5. The third-order valence-corrected chi connectivity index (χ3v) is 24.4. The van der Waals surface area contributed by atoms with Crippen molar-refractivity contribution in [2.45, 2.75) is 208 Å². The summed E-state index contributed by atoms with van der Waals surface area (Å²) >= 11 is 0. The third-order valence-electron chi connectivity index (χ3n) is 22.6. The summed E-state index contributed by atoms with van der Waals surface area (Å²) in [5.41, 5.74) is -0.330. The van der Waals surface area contributed by atoms with Crippen LogP contribution in [0, 0.1) is 11.3 Å². The second-order valence-electron chi connectivity index (χ2n) is 28.9. The predicted octanol–water partition coefficient (Wildman–Crippen LogP) is 5.19. The van der Waals surface area contributed by atoms with Crippen LogP contribution in [0.15, 0.2) is 54.1 Å². The molecule has 8 N–H and O–H groups in total. The van der Waals surface area contributed by atoms with Gasteiger partial charge in [0.25, 0.3) is 5.91 Å². The molecule has 5 aliphatic heterocycles. The molecule has 0 aromatic heterocycles. The van der Waals surface area contributed by atoms with Crippen molar-refractivity contribution in [3.8, 4) is 5.75 Å². The van der Waals surface area contributed by atoms with Crippen molar-refractivity contribution in [2.24, 2.45) is 11.3 Å². The molecule has 106 heavy (non-hydrogen) atoms. The van der Waals surface area contributed by atoms with E-state index >= 15 is 9.59 Å². The molecule has 3 amide bonds. The number of rotatable bonds is 38. The van der Waals surface area contributed by atoms with E-state index < -0.39 is 100 Å². The Morgan fingerprint density at radius 3 is 2.03 bits per heavy atom. The Morgan fingerprint density at radius 2 is 1.42 bits per heavy atom. The number of nitrogens with zero attached hydrogens (tertiary/aromatic N) is 3. The molecule has 3 fully saturated rings. The fourth-order valence-corrected chi connectivity index (χ4v) is 18.5. The Bertz CT molecular complexity index is 3400. The normalized spacial score (nSPS) is 27.5. The van der Waals surface area contributed by atoms with Gasteiger partial charge < -0.3 is 89.0 Å². The summed E-state index contributed by atoms with van der Waals surface area (Å²) < 4.78 is 49.5. The lowest BCUT2D eigenvalue weighted by Crippen LogP contribution is -2.81. The Morgan fingerprint density at radius 1 is 0.764 bits per heavy atom. The van der Waals surface area contributed by atoms with Gasteiger partial charge in [0.05, 0.1) is 57.9 Å². The first-order chi connectivity index (χ1) is 50.8. The highest BCUT2D eigenvalue weighted by Crippen LogP contribution is 2.68. The lowest BCUT2D eigenvalue weighted by Gasteiger charge is -2.63. The molecule has 2 aromatic carbocycles. The number of esters is 4. The van der Waals surface area contributed by atoms with Crippen molar-refractivity contribution < 1.29 is 102 Å². The summed E-state index contributed by atoms with van der Waals surface area (Å²) in [6, 6.07) is 10.0. The average molecular weight is 1530 g/mol. The van der Waals surface area contributed by atoms with Gasteiger partial charge in [-0.15, -0.1) is 0 Å². The standard InChI is InChI=1S/C62H87N5O15.C15H29NO6S2/c1-9-41(35-68)82-51(78-7)36-81-50(70)20-14-19-49(69)64-38(4)52(71)80-28-16-24-63-56(73)62(76)54-60(23-27-67-25-15-22-59(11-3,53(60)67)55(62)72)45-30-46(48(77-6)31-47(45)65(54)5)61(57(74)79-8)33-39-32-58(75,10-2)37-66(34-39)26-21-43-42-18-13-12-17-40(42)29-44(43)61;1-4-12(10-17)22-15(20-2)11-21-14(19)7-5-6-13(18)16-8-9-24-23-3/h12-13,15,17-18,22,30-31,38-39,41,51,53-55,68,72,75-76H,9-11,14,16,19-21,23-29,32-37H2,1-8H3,(H,63,73)(H,64,69);12,15,17H,4-11H2,1-3H3,(H,16,18)/t38-,39?,41?,51?,53?,54?,55-,58?,59-,60?,61-,62+;/m1./s1. The smallest absolute Gasteiger partial charge is 0.328 e. The number of aliphatic hydroxyl groups excluding tert-OH is 3. The van der Waals surface area contributed by atoms with E-state index in [1.165, 1.54) is 28.3 Å². The van der Waals surface area contributed by atoms with E-state index in [2.05, 4.69) is 43.9 Å². The molecule has 9 rings (SSSR count). The number of hydrogen-bond acceptors (Lipinski definition) is 26. The summed E-state index contributed by atoms with van der Waals surface area (Å²) in [6.45, 7) is 12.3. The number of anilines is 1. The molecule has 10 unspecified atom stereocenters. The van der Waals surface area contributed by atoms with Gasteiger partial charge in [-0.1, -0.05) is 85.7 Å². The maximum Gasteiger partial charge on any atom is 0.328 e. The number of likely N-dealkylation sites (N-methyl/N-ethyl adjacent to an activating group) is 1. The molecular weight excluding hydrogens is 1410 g/mol. The highest BCUT2D eigenvalue weighted by atomic mass is 33.1. The first-order valence-corrected chi connectivity index (χ1v) is 40.3. The molecule has 2 saturated heterocycles. The first kappa shape index (κ1) is 85.7. The second kappa shape index (κ2) is 39.1. The number of nitrogens with one attached hydrogen (secondary N) is 3. The number of ether oxygens (including phenoxy) is 9. The number of hydrogen-bond donors (Lipinski definition) is 8. The molecule has 592 valence electrons. The second-order valence-corrected chi connectivity index (χ2v) is 31.6. The molecular formula is C77H116N6O21S2. The Labute approximate surface area is 631 Å². The lowest BCUT2D eigenvalue weighted by atomic mass is 9.47. The van der Waals surface area contributed by atoms with Gasteiger partial charge in [0.2, 0.25) is 11.8 Å². The van der Waals surface area contributed by atoms with Gasteiger partial charge in [-0.05, 0) is 137 Å². The number of methoxy groups -OCH3 is 4. The zero-order valence-electron chi connectivity index (χ0n) is 63.7. The topological polar surface area (TPSA) is 350 Å². The minimum Gasteiger partial charge on any atom is -0.496 e. The van der Waals surface area contributed by atoms with Crippen LogP contribution in [0.25, 0.3) is 5.57 Å². The SMILES string of the molecule is CCC(CO)OC(COC(=O)CCCC(=O)NCCSSC)OC.CCC(CO)OC(COC(=O)CCCC(=O)N[C@H](C)C(=O)OCCCNC(=O)[C@]1(O)C2N(C)c3cc(OC)c([C@@]4(C(=O)OC)CC5CN(CCC6=C4Cc4ccccc46)CC(O)(CC)C5)cc3C23CCN2CC=C[C@](CC)(C23)[C@H]1O)OC. The minimum absolute atomic E-state index is 0.0258. The van der Waals surface area contributed by atoms with Crippen LogP contribution in [0.4, 0.5) is 5.69 Å². The Kier molecular flexibility index (Phi) is 31.6. The van der Waals surface area contributed by atoms with E-state index in [-0.39, 0.29) is 95.7 Å². The number of piperidine rings is 1. The van der Waals surface area contributed by atoms with E-state index in [0.29, 0.717) is 127 Å². The van der Waals surface area contributed by atoms with Crippen LogP contribution in [-0.4, -0.2) is 263 Å². The van der Waals surface area contributed by atoms with Gasteiger partial charge in [0, 0.05) is 126 Å². The zero-order valence-corrected chi connectivity index (χ0v) is 65.4. The number of benzene rings is 2. The van der Waals surface area contributed by atoms with Crippen LogP contribution in [0.5, 0.6) is 5.75 Å². The maximum absolute atomic E-state index is 15.6. The summed E-state index contributed by atoms with van der Waals surface area (Å²) in [4.78, 5) is 98.7. The predicted molar refractivity (Wildman–Crippen MR) is 400 cm³/mol. The van der Waals surface area contributed by atoms with Crippen molar-refractivity contribution in [3.63, 3.8) is 0 Å². The molecule has 2 aromatic rings. The number of carbonyl (C=O) groups excluding carboxylic acids is 7. The molecule has 2 aliphatic carbocycles. The summed E-state index contributed by atoms with van der Waals surface area (Å²) in [5.74, 6) is -2.19. The van der Waals surface area contributed by atoms with Crippen molar-refractivity contribution in [3.05, 3.63) is 76.4 Å². The first-order valence-electron chi connectivity index (χ1n) is 37.5. The molecule has 15 atom stereocenters. The van der Waals surface area contributed by atoms with Crippen LogP contribution in [0.1, 0.15) is 153 Å². The van der Waals surface area contributed by atoms with Crippen molar-refractivity contribution in [2.75, 3.05) is 131 Å². The minimum atomic E-state index is -2.41. The molecule has 7 aliphatic rings. The van der Waals surface area contributed by atoms with Crippen LogP contribution >= 0.6 is 21.6 Å². The molecule has 29 heteroatoms. The highest BCUT2D eigenvalue weighted by molar-refractivity contribution is 8.76. The number of fused-ring (bicyclic) bond motifs is 5. The van der Waals surface area contributed by atoms with Crippen molar-refractivity contribution in [1.82, 2.24) is 25.8 Å². The van der Waals surface area contributed by atoms with Gasteiger partial charge in [0.15, 0.2) is 18.2 Å². The molecule has 1 saturated carbocycles. The van der Waals surface area contributed by atoms with Gasteiger partial charge in [-0.25, -0.2) is 4.79 Å². The van der Waals surface area contributed by atoms with Gasteiger partial charge in [-0.2, -0.15) is 0 Å². The Balaban J connectivity index is 0.000000506. The summed E-state index contributed by atoms with van der Waals surface area (Å²) in [7, 11) is 11.1. The zero-order chi connectivity index (χ0) is 77.2. The van der Waals surface area contributed by atoms with Crippen molar-refractivity contribution in [1.29, 1.82) is 0 Å². The third kappa shape index (κ3) is 18.7. The fourth-order valence-electron chi connectivity index (χ4n) is 17.4. The summed E-state index contributed by atoms with van der Waals surface area (Å²) in [5, 5.41) is 65.5. The van der Waals surface area contributed by atoms with Gasteiger partial charge in [-0.3, -0.25) is 38.6 Å². The van der Waals surface area contributed by atoms with E-state index in [9.17, 15) is 44.4 Å². The highest BCUT2D eigenvalue weighted by Gasteiger charge is 2.79. The monoisotopic (exact) mass is 1520 g/mol. The summed E-state index contributed by atoms with van der Waals surface area (Å²) in [6.07, 6.45) is 7.85.